The van der Waals surface area contributed by atoms with Crippen LogP contribution in [0.2, 0.25) is 0 Å². The second-order valence-corrected chi connectivity index (χ2v) is 5.62. The number of aryl methyl sites for hydroxylation is 1. The molecule has 1 aliphatic rings. The van der Waals surface area contributed by atoms with Crippen molar-refractivity contribution < 1.29 is 9.50 Å². The molecule has 0 aliphatic heterocycles. The molecule has 1 unspecified atom stereocenters. The SMILES string of the molecule is Cc1cc(C(O)CC2CCCCCC2)ccc1F. The number of hydrogen-bond donors (Lipinski definition) is 1. The van der Waals surface area contributed by atoms with Gasteiger partial charge in [-0.15, -0.1) is 0 Å². The van der Waals surface area contributed by atoms with Crippen LogP contribution in [0.3, 0.4) is 0 Å². The molecule has 1 aromatic rings. The average Bonchev–Trinajstić information content (AvgIpc) is 2.61. The number of rotatable bonds is 3. The van der Waals surface area contributed by atoms with E-state index in [4.69, 9.17) is 0 Å². The minimum absolute atomic E-state index is 0.194. The second-order valence-electron chi connectivity index (χ2n) is 5.62. The van der Waals surface area contributed by atoms with E-state index in [0.29, 0.717) is 11.5 Å². The second kappa shape index (κ2) is 6.33. The molecule has 0 radical (unpaired) electrons. The average molecular weight is 250 g/mol. The van der Waals surface area contributed by atoms with Gasteiger partial charge in [-0.2, -0.15) is 0 Å². The van der Waals surface area contributed by atoms with Gasteiger partial charge >= 0.3 is 0 Å². The Morgan fingerprint density at radius 3 is 2.50 bits per heavy atom. The summed E-state index contributed by atoms with van der Waals surface area (Å²) in [4.78, 5) is 0. The Balaban J connectivity index is 1.97. The maximum absolute atomic E-state index is 13.2. The summed E-state index contributed by atoms with van der Waals surface area (Å²) >= 11 is 0. The van der Waals surface area contributed by atoms with Gasteiger partial charge in [0.25, 0.3) is 0 Å². The third-order valence-corrected chi connectivity index (χ3v) is 4.10. The lowest BCUT2D eigenvalue weighted by molar-refractivity contribution is 0.139. The van der Waals surface area contributed by atoms with Crippen LogP contribution in [0, 0.1) is 18.7 Å². The lowest BCUT2D eigenvalue weighted by Crippen LogP contribution is -2.07. The minimum Gasteiger partial charge on any atom is -0.388 e. The molecule has 1 saturated carbocycles. The lowest BCUT2D eigenvalue weighted by Gasteiger charge is -2.19. The summed E-state index contributed by atoms with van der Waals surface area (Å²) in [5.41, 5.74) is 1.48. The van der Waals surface area contributed by atoms with Gasteiger partial charge in [-0.05, 0) is 36.5 Å². The van der Waals surface area contributed by atoms with Gasteiger partial charge in [0.15, 0.2) is 0 Å². The van der Waals surface area contributed by atoms with E-state index in [2.05, 4.69) is 0 Å². The number of aliphatic hydroxyl groups is 1. The van der Waals surface area contributed by atoms with Crippen molar-refractivity contribution in [2.24, 2.45) is 5.92 Å². The number of aliphatic hydroxyl groups excluding tert-OH is 1. The zero-order valence-corrected chi connectivity index (χ0v) is 11.2. The first-order valence-corrected chi connectivity index (χ1v) is 7.11. The molecule has 1 aliphatic carbocycles. The van der Waals surface area contributed by atoms with Crippen LogP contribution in [0.25, 0.3) is 0 Å². The molecule has 1 atom stereocenters. The molecule has 0 saturated heterocycles. The normalized spacial score (nSPS) is 19.5. The summed E-state index contributed by atoms with van der Waals surface area (Å²) in [6.07, 6.45) is 8.11. The fourth-order valence-corrected chi connectivity index (χ4v) is 2.93. The number of halogens is 1. The molecule has 2 heteroatoms. The highest BCUT2D eigenvalue weighted by Crippen LogP contribution is 2.31. The first-order valence-electron chi connectivity index (χ1n) is 7.11. The fraction of sp³-hybridized carbons (Fsp3) is 0.625. The highest BCUT2D eigenvalue weighted by Gasteiger charge is 2.18. The molecule has 1 nitrogen and oxygen atoms in total. The van der Waals surface area contributed by atoms with E-state index in [0.717, 1.165) is 12.0 Å². The monoisotopic (exact) mass is 250 g/mol. The predicted molar refractivity (Wildman–Crippen MR) is 71.9 cm³/mol. The van der Waals surface area contributed by atoms with Crippen molar-refractivity contribution in [3.05, 3.63) is 35.1 Å². The Morgan fingerprint density at radius 2 is 1.89 bits per heavy atom. The largest absolute Gasteiger partial charge is 0.388 e. The van der Waals surface area contributed by atoms with Gasteiger partial charge in [0.1, 0.15) is 5.82 Å². The molecule has 0 amide bonds. The molecular weight excluding hydrogens is 227 g/mol. The first-order chi connectivity index (χ1) is 8.66. The molecule has 100 valence electrons. The minimum atomic E-state index is -0.438. The van der Waals surface area contributed by atoms with Gasteiger partial charge in [-0.25, -0.2) is 4.39 Å². The van der Waals surface area contributed by atoms with Gasteiger partial charge < -0.3 is 5.11 Å². The van der Waals surface area contributed by atoms with E-state index in [1.165, 1.54) is 44.6 Å². The van der Waals surface area contributed by atoms with Gasteiger partial charge in [-0.3, -0.25) is 0 Å². The molecule has 0 spiro atoms. The Morgan fingerprint density at radius 1 is 1.22 bits per heavy atom. The molecule has 0 bridgehead atoms. The molecule has 1 aromatic carbocycles. The molecule has 1 fully saturated rings. The van der Waals surface area contributed by atoms with Crippen LogP contribution in [0.1, 0.15) is 62.2 Å². The molecule has 18 heavy (non-hydrogen) atoms. The van der Waals surface area contributed by atoms with E-state index >= 15 is 0 Å². The fourth-order valence-electron chi connectivity index (χ4n) is 2.93. The molecule has 2 rings (SSSR count). The van der Waals surface area contributed by atoms with Gasteiger partial charge in [0.2, 0.25) is 0 Å². The van der Waals surface area contributed by atoms with Crippen molar-refractivity contribution in [1.29, 1.82) is 0 Å². The lowest BCUT2D eigenvalue weighted by atomic mass is 9.90. The number of benzene rings is 1. The summed E-state index contributed by atoms with van der Waals surface area (Å²) in [6.45, 7) is 1.75. The molecular formula is C16H23FO. The third-order valence-electron chi connectivity index (χ3n) is 4.10. The number of hydrogen-bond acceptors (Lipinski definition) is 1. The summed E-state index contributed by atoms with van der Waals surface area (Å²) in [7, 11) is 0. The van der Waals surface area contributed by atoms with Crippen molar-refractivity contribution in [2.75, 3.05) is 0 Å². The van der Waals surface area contributed by atoms with E-state index in [-0.39, 0.29) is 5.82 Å². The van der Waals surface area contributed by atoms with Crippen molar-refractivity contribution in [3.8, 4) is 0 Å². The highest BCUT2D eigenvalue weighted by atomic mass is 19.1. The summed E-state index contributed by atoms with van der Waals surface area (Å²) in [6, 6.07) is 4.95. The van der Waals surface area contributed by atoms with Gasteiger partial charge in [0.05, 0.1) is 6.10 Å². The van der Waals surface area contributed by atoms with Crippen LogP contribution >= 0.6 is 0 Å². The van der Waals surface area contributed by atoms with Gasteiger partial charge in [0, 0.05) is 0 Å². The van der Waals surface area contributed by atoms with Crippen LogP contribution in [0.15, 0.2) is 18.2 Å². The Labute approximate surface area is 109 Å². The Kier molecular flexibility index (Phi) is 4.76. The Bertz CT molecular complexity index is 381. The third kappa shape index (κ3) is 3.55. The standard InChI is InChI=1S/C16H23FO/c1-12-10-14(8-9-15(12)17)16(18)11-13-6-4-2-3-5-7-13/h8-10,13,16,18H,2-7,11H2,1H3. The molecule has 1 N–H and O–H groups in total. The van der Waals surface area contributed by atoms with Crippen molar-refractivity contribution in [1.82, 2.24) is 0 Å². The first kappa shape index (κ1) is 13.5. The Hall–Kier alpha value is -0.890. The van der Waals surface area contributed by atoms with Crippen molar-refractivity contribution in [2.45, 2.75) is 58.0 Å². The van der Waals surface area contributed by atoms with Crippen LogP contribution in [0.5, 0.6) is 0 Å². The predicted octanol–water partition coefficient (Wildman–Crippen LogP) is 4.53. The van der Waals surface area contributed by atoms with Crippen LogP contribution in [0.4, 0.5) is 4.39 Å². The maximum atomic E-state index is 13.2. The zero-order chi connectivity index (χ0) is 13.0. The molecule has 0 aromatic heterocycles. The highest BCUT2D eigenvalue weighted by molar-refractivity contribution is 5.25. The molecule has 0 heterocycles. The smallest absolute Gasteiger partial charge is 0.126 e. The quantitative estimate of drug-likeness (QED) is 0.781. The summed E-state index contributed by atoms with van der Waals surface area (Å²) in [5, 5.41) is 10.3. The summed E-state index contributed by atoms with van der Waals surface area (Å²) in [5.74, 6) is 0.438. The van der Waals surface area contributed by atoms with Gasteiger partial charge in [-0.1, -0.05) is 50.7 Å². The van der Waals surface area contributed by atoms with E-state index in [1.807, 2.05) is 0 Å². The maximum Gasteiger partial charge on any atom is 0.126 e. The summed E-state index contributed by atoms with van der Waals surface area (Å²) < 4.78 is 13.2. The van der Waals surface area contributed by atoms with E-state index in [9.17, 15) is 9.50 Å². The van der Waals surface area contributed by atoms with Crippen molar-refractivity contribution >= 4 is 0 Å². The van der Waals surface area contributed by atoms with Crippen LogP contribution < -0.4 is 0 Å². The van der Waals surface area contributed by atoms with Crippen LogP contribution in [-0.4, -0.2) is 5.11 Å². The van der Waals surface area contributed by atoms with E-state index < -0.39 is 6.10 Å². The van der Waals surface area contributed by atoms with Crippen LogP contribution in [-0.2, 0) is 0 Å². The van der Waals surface area contributed by atoms with E-state index in [1.54, 1.807) is 19.1 Å². The van der Waals surface area contributed by atoms with Crippen molar-refractivity contribution in [3.63, 3.8) is 0 Å². The zero-order valence-electron chi connectivity index (χ0n) is 11.2. The topological polar surface area (TPSA) is 20.2 Å².